The molecule has 1 aliphatic rings. The van der Waals surface area contributed by atoms with Crippen molar-refractivity contribution in [2.45, 2.75) is 71.9 Å². The summed E-state index contributed by atoms with van der Waals surface area (Å²) in [6.45, 7) is 11.8. The van der Waals surface area contributed by atoms with Gasteiger partial charge in [0.2, 0.25) is 5.78 Å². The number of nitrogens with zero attached hydrogens (tertiary/aromatic N) is 1. The van der Waals surface area contributed by atoms with Crippen LogP contribution in [-0.2, 0) is 9.59 Å². The van der Waals surface area contributed by atoms with Crippen LogP contribution in [0.15, 0.2) is 0 Å². The fourth-order valence-corrected chi connectivity index (χ4v) is 2.90. The molecule has 0 unspecified atom stereocenters. The third-order valence-electron chi connectivity index (χ3n) is 3.73. The predicted molar refractivity (Wildman–Crippen MR) is 68.7 cm³/mol. The van der Waals surface area contributed by atoms with E-state index in [1.54, 1.807) is 13.8 Å². The molecule has 0 spiro atoms. The summed E-state index contributed by atoms with van der Waals surface area (Å²) in [5, 5.41) is 0. The van der Waals surface area contributed by atoms with Crippen LogP contribution in [0.5, 0.6) is 0 Å². The topological polar surface area (TPSA) is 37.4 Å². The highest BCUT2D eigenvalue weighted by molar-refractivity contribution is 6.37. The molecule has 1 aliphatic heterocycles. The summed E-state index contributed by atoms with van der Waals surface area (Å²) in [6, 6.07) is 0. The van der Waals surface area contributed by atoms with Crippen LogP contribution in [0.2, 0.25) is 0 Å². The van der Waals surface area contributed by atoms with E-state index in [0.717, 1.165) is 19.3 Å². The number of piperidine rings is 1. The lowest BCUT2D eigenvalue weighted by Crippen LogP contribution is -2.62. The normalized spacial score (nSPS) is 22.6. The maximum absolute atomic E-state index is 12.3. The largest absolute Gasteiger partial charge is 0.326 e. The van der Waals surface area contributed by atoms with E-state index in [0.29, 0.717) is 0 Å². The Morgan fingerprint density at radius 3 is 1.76 bits per heavy atom. The molecule has 0 aliphatic carbocycles. The van der Waals surface area contributed by atoms with Crippen LogP contribution in [0.4, 0.5) is 0 Å². The number of likely N-dealkylation sites (tertiary alicyclic amines) is 1. The minimum Gasteiger partial charge on any atom is -0.326 e. The molecular weight excluding hydrogens is 214 g/mol. The molecule has 1 saturated heterocycles. The van der Waals surface area contributed by atoms with E-state index < -0.39 is 0 Å². The van der Waals surface area contributed by atoms with E-state index in [1.807, 2.05) is 4.90 Å². The van der Waals surface area contributed by atoms with Crippen molar-refractivity contribution in [2.24, 2.45) is 5.92 Å². The lowest BCUT2D eigenvalue weighted by atomic mass is 9.79. The SMILES string of the molecule is CC(C)C(=O)C(=O)N1C(C)(C)CCCC1(C)C. The van der Waals surface area contributed by atoms with E-state index >= 15 is 0 Å². The van der Waals surface area contributed by atoms with E-state index in [9.17, 15) is 9.59 Å². The Hall–Kier alpha value is -0.860. The molecule has 1 rings (SSSR count). The highest BCUT2D eigenvalue weighted by Crippen LogP contribution is 2.38. The summed E-state index contributed by atoms with van der Waals surface area (Å²) in [6.07, 6.45) is 3.04. The second-order valence-electron chi connectivity index (χ2n) is 6.64. The van der Waals surface area contributed by atoms with Crippen LogP contribution < -0.4 is 0 Å². The molecule has 3 nitrogen and oxygen atoms in total. The number of rotatable bonds is 2. The number of hydrogen-bond donors (Lipinski definition) is 0. The molecule has 3 heteroatoms. The summed E-state index contributed by atoms with van der Waals surface area (Å²) in [5.41, 5.74) is -0.438. The molecule has 1 heterocycles. The van der Waals surface area contributed by atoms with Gasteiger partial charge in [-0.2, -0.15) is 0 Å². The molecule has 98 valence electrons. The lowest BCUT2D eigenvalue weighted by Gasteiger charge is -2.52. The quantitative estimate of drug-likeness (QED) is 0.695. The Balaban J connectivity index is 3.06. The zero-order valence-electron chi connectivity index (χ0n) is 12.0. The van der Waals surface area contributed by atoms with Crippen molar-refractivity contribution in [3.8, 4) is 0 Å². The molecule has 0 aromatic carbocycles. The van der Waals surface area contributed by atoms with Gasteiger partial charge in [0.25, 0.3) is 5.91 Å². The molecule has 1 fully saturated rings. The van der Waals surface area contributed by atoms with Crippen LogP contribution in [0, 0.1) is 5.92 Å². The maximum Gasteiger partial charge on any atom is 0.291 e. The van der Waals surface area contributed by atoms with Crippen molar-refractivity contribution in [3.05, 3.63) is 0 Å². The van der Waals surface area contributed by atoms with E-state index in [-0.39, 0.29) is 28.7 Å². The van der Waals surface area contributed by atoms with Gasteiger partial charge in [0.15, 0.2) is 0 Å². The highest BCUT2D eigenvalue weighted by atomic mass is 16.2. The molecule has 0 atom stereocenters. The van der Waals surface area contributed by atoms with E-state index in [4.69, 9.17) is 0 Å². The Bertz CT molecular complexity index is 313. The monoisotopic (exact) mass is 239 g/mol. The van der Waals surface area contributed by atoms with E-state index in [1.165, 1.54) is 0 Å². The first kappa shape index (κ1) is 14.2. The zero-order chi connectivity index (χ0) is 13.4. The van der Waals surface area contributed by atoms with Gasteiger partial charge < -0.3 is 4.90 Å². The first-order valence-corrected chi connectivity index (χ1v) is 6.48. The van der Waals surface area contributed by atoms with Gasteiger partial charge in [-0.25, -0.2) is 0 Å². The maximum atomic E-state index is 12.3. The van der Waals surface area contributed by atoms with Gasteiger partial charge in [0.05, 0.1) is 0 Å². The number of carbonyl (C=O) groups is 2. The van der Waals surface area contributed by atoms with Gasteiger partial charge in [0.1, 0.15) is 0 Å². The van der Waals surface area contributed by atoms with Gasteiger partial charge in [0, 0.05) is 17.0 Å². The summed E-state index contributed by atoms with van der Waals surface area (Å²) in [5.74, 6) is -0.807. The minimum absolute atomic E-state index is 0.219. The molecule has 17 heavy (non-hydrogen) atoms. The van der Waals surface area contributed by atoms with Gasteiger partial charge in [-0.3, -0.25) is 9.59 Å². The summed E-state index contributed by atoms with van der Waals surface area (Å²) >= 11 is 0. The molecule has 0 saturated carbocycles. The van der Waals surface area contributed by atoms with Crippen LogP contribution in [0.25, 0.3) is 0 Å². The molecule has 1 amide bonds. The van der Waals surface area contributed by atoms with Gasteiger partial charge >= 0.3 is 0 Å². The Morgan fingerprint density at radius 1 is 1.00 bits per heavy atom. The average molecular weight is 239 g/mol. The summed E-state index contributed by atoms with van der Waals surface area (Å²) in [7, 11) is 0. The predicted octanol–water partition coefficient (Wildman–Crippen LogP) is 2.78. The number of hydrogen-bond acceptors (Lipinski definition) is 2. The van der Waals surface area contributed by atoms with Crippen molar-refractivity contribution in [2.75, 3.05) is 0 Å². The van der Waals surface area contributed by atoms with Crippen LogP contribution in [0.3, 0.4) is 0 Å². The third kappa shape index (κ3) is 2.70. The van der Waals surface area contributed by atoms with E-state index in [2.05, 4.69) is 27.7 Å². The van der Waals surface area contributed by atoms with Crippen molar-refractivity contribution in [3.63, 3.8) is 0 Å². The second kappa shape index (κ2) is 4.43. The Kier molecular flexibility index (Phi) is 3.70. The van der Waals surface area contributed by atoms with Gasteiger partial charge in [-0.15, -0.1) is 0 Å². The Labute approximate surface area is 105 Å². The molecule has 0 aromatic rings. The van der Waals surface area contributed by atoms with Gasteiger partial charge in [-0.05, 0) is 47.0 Å². The fraction of sp³-hybridized carbons (Fsp3) is 0.857. The van der Waals surface area contributed by atoms with Crippen LogP contribution in [0.1, 0.15) is 60.8 Å². The number of carbonyl (C=O) groups excluding carboxylic acids is 2. The fourth-order valence-electron chi connectivity index (χ4n) is 2.90. The average Bonchev–Trinajstić information content (AvgIpc) is 2.13. The van der Waals surface area contributed by atoms with Crippen LogP contribution in [-0.4, -0.2) is 27.7 Å². The first-order valence-electron chi connectivity index (χ1n) is 6.48. The highest BCUT2D eigenvalue weighted by Gasteiger charge is 2.46. The number of Topliss-reactive ketones (excluding diaryl/α,β-unsaturated/α-hetero) is 1. The van der Waals surface area contributed by atoms with Crippen molar-refractivity contribution < 1.29 is 9.59 Å². The number of ketones is 1. The summed E-state index contributed by atoms with van der Waals surface area (Å²) in [4.78, 5) is 26.1. The first-order chi connectivity index (χ1) is 7.59. The zero-order valence-corrected chi connectivity index (χ0v) is 12.0. The standard InChI is InChI=1S/C14H25NO2/c1-10(2)11(16)12(17)15-13(3,4)8-7-9-14(15,5)6/h10H,7-9H2,1-6H3. The van der Waals surface area contributed by atoms with Gasteiger partial charge in [-0.1, -0.05) is 13.8 Å². The summed E-state index contributed by atoms with van der Waals surface area (Å²) < 4.78 is 0. The third-order valence-corrected chi connectivity index (χ3v) is 3.73. The molecule has 0 radical (unpaired) electrons. The molecule has 0 bridgehead atoms. The minimum atomic E-state index is -0.310. The van der Waals surface area contributed by atoms with Crippen molar-refractivity contribution in [1.29, 1.82) is 0 Å². The Morgan fingerprint density at radius 2 is 1.41 bits per heavy atom. The molecule has 0 N–H and O–H groups in total. The molecular formula is C14H25NO2. The smallest absolute Gasteiger partial charge is 0.291 e. The second-order valence-corrected chi connectivity index (χ2v) is 6.64. The van der Waals surface area contributed by atoms with Crippen LogP contribution >= 0.6 is 0 Å². The van der Waals surface area contributed by atoms with Crippen molar-refractivity contribution in [1.82, 2.24) is 4.90 Å². The lowest BCUT2D eigenvalue weighted by molar-refractivity contribution is -0.158. The van der Waals surface area contributed by atoms with Crippen molar-refractivity contribution >= 4 is 11.7 Å². The molecule has 0 aromatic heterocycles. The number of amides is 1.